The summed E-state index contributed by atoms with van der Waals surface area (Å²) in [4.78, 5) is 37.8. The molecule has 0 unspecified atom stereocenters. The third kappa shape index (κ3) is 5.78. The standard InChI is InChI=1S/C14H14N8O4S3.Au.Na.H/c1-6-17-18-14(29-6)28-4-7-3-27-12-9(11(24)22(12)10(7)13(25)26)16-8(23)2-21-5-15-19-20-21;;;/h5,9,12H,2-4H2,1H3,(H,16,23)(H,25,26);;;/q;;+1;-1/t9-,12-;;;/m1.../s1. The number of carbonyl (C=O) groups excluding carboxylic acids is 2. The van der Waals surface area contributed by atoms with E-state index in [0.717, 1.165) is 9.35 Å². The van der Waals surface area contributed by atoms with Crippen molar-refractivity contribution in [3.63, 3.8) is 0 Å². The van der Waals surface area contributed by atoms with Gasteiger partial charge in [0.2, 0.25) is 5.91 Å². The number of carboxylic acid groups (broad SMARTS) is 1. The Morgan fingerprint density at radius 2 is 2.19 bits per heavy atom. The summed E-state index contributed by atoms with van der Waals surface area (Å²) < 4.78 is 1.98. The van der Waals surface area contributed by atoms with Gasteiger partial charge in [0.25, 0.3) is 5.91 Å². The van der Waals surface area contributed by atoms with Crippen LogP contribution in [0.4, 0.5) is 0 Å². The third-order valence-electron chi connectivity index (χ3n) is 4.14. The first kappa shape index (κ1) is 26.5. The molecule has 2 aromatic rings. The fourth-order valence-corrected chi connectivity index (χ4v) is 6.20. The van der Waals surface area contributed by atoms with Gasteiger partial charge in [-0.25, -0.2) is 9.48 Å². The largest absolute Gasteiger partial charge is 1.00 e. The zero-order valence-electron chi connectivity index (χ0n) is 17.2. The molecule has 2 aliphatic heterocycles. The van der Waals surface area contributed by atoms with E-state index in [0.29, 0.717) is 17.1 Å². The summed E-state index contributed by atoms with van der Waals surface area (Å²) in [6, 6.07) is -0.779. The van der Waals surface area contributed by atoms with Crippen LogP contribution in [0, 0.1) is 6.92 Å². The number of β-lactam (4-membered cyclic amide) rings is 1. The number of thioether (sulfide) groups is 2. The van der Waals surface area contributed by atoms with Crippen LogP contribution in [0.3, 0.4) is 0 Å². The Hall–Kier alpha value is -0.780. The SMILES string of the molecule is Cc1nnc(SCC2=C(C(=O)O)N3C(=O)[C@@H](NC(=O)Cn4cnnn4)[C@H]3SC2)s1.[Au].[H-].[Na+]. The average molecular weight is 675 g/mol. The Morgan fingerprint density at radius 3 is 2.81 bits per heavy atom. The number of carboxylic acids is 1. The number of amides is 2. The second-order valence-corrected chi connectivity index (χ2v) is 9.60. The van der Waals surface area contributed by atoms with Crippen molar-refractivity contribution in [2.45, 2.75) is 29.2 Å². The van der Waals surface area contributed by atoms with E-state index in [1.165, 1.54) is 50.8 Å². The van der Waals surface area contributed by atoms with E-state index < -0.39 is 29.2 Å². The molecule has 1 saturated heterocycles. The molecule has 1 radical (unpaired) electrons. The second kappa shape index (κ2) is 11.4. The van der Waals surface area contributed by atoms with Crippen molar-refractivity contribution in [1.82, 2.24) is 40.6 Å². The topological polar surface area (TPSA) is 156 Å². The van der Waals surface area contributed by atoms with E-state index in [1.54, 1.807) is 0 Å². The number of nitrogens with zero attached hydrogens (tertiary/aromatic N) is 7. The summed E-state index contributed by atoms with van der Waals surface area (Å²) in [7, 11) is 0. The minimum absolute atomic E-state index is 0. The second-order valence-electron chi connectivity index (χ2n) is 6.10. The predicted octanol–water partition coefficient (Wildman–Crippen LogP) is -3.52. The maximum absolute atomic E-state index is 12.6. The molecule has 4 heterocycles. The van der Waals surface area contributed by atoms with Gasteiger partial charge in [0.15, 0.2) is 4.34 Å². The predicted molar refractivity (Wildman–Crippen MR) is 104 cm³/mol. The number of tetrazole rings is 1. The van der Waals surface area contributed by atoms with Crippen LogP contribution >= 0.6 is 34.9 Å². The molecule has 12 nitrogen and oxygen atoms in total. The van der Waals surface area contributed by atoms with E-state index in [9.17, 15) is 19.5 Å². The zero-order chi connectivity index (χ0) is 20.5. The Balaban J connectivity index is 0.00000171. The molecule has 2 N–H and O–H groups in total. The number of aliphatic carboxylic acids is 1. The Labute approximate surface area is 227 Å². The van der Waals surface area contributed by atoms with Crippen LogP contribution in [0.15, 0.2) is 21.9 Å². The van der Waals surface area contributed by atoms with Crippen LogP contribution in [-0.4, -0.2) is 81.1 Å². The number of hydrogen-bond acceptors (Lipinski definition) is 11. The molecular formula is C14H15AuN8NaO4S3. The van der Waals surface area contributed by atoms with Gasteiger partial charge < -0.3 is 11.8 Å². The molecule has 2 atom stereocenters. The average Bonchev–Trinajstić information content (AvgIpc) is 3.35. The minimum atomic E-state index is -1.16. The van der Waals surface area contributed by atoms with Crippen molar-refractivity contribution in [1.29, 1.82) is 0 Å². The van der Waals surface area contributed by atoms with Gasteiger partial charge >= 0.3 is 35.5 Å². The van der Waals surface area contributed by atoms with Crippen LogP contribution in [0.2, 0.25) is 0 Å². The summed E-state index contributed by atoms with van der Waals surface area (Å²) in [5.74, 6) is -1.19. The van der Waals surface area contributed by atoms with Crippen molar-refractivity contribution < 1.29 is 72.9 Å². The number of rotatable bonds is 7. The van der Waals surface area contributed by atoms with E-state index in [-0.39, 0.29) is 65.6 Å². The Morgan fingerprint density at radius 1 is 1.42 bits per heavy atom. The molecule has 4 rings (SSSR count). The first-order valence-electron chi connectivity index (χ1n) is 8.27. The van der Waals surface area contributed by atoms with Crippen LogP contribution < -0.4 is 34.9 Å². The molecular weight excluding hydrogens is 660 g/mol. The number of fused-ring (bicyclic) bond motifs is 1. The fraction of sp³-hybridized carbons (Fsp3) is 0.429. The van der Waals surface area contributed by atoms with Gasteiger partial charge in [-0.1, -0.05) is 23.1 Å². The first-order valence-corrected chi connectivity index (χ1v) is 11.1. The maximum Gasteiger partial charge on any atom is 1.00 e. The van der Waals surface area contributed by atoms with Crippen molar-refractivity contribution in [3.8, 4) is 0 Å². The van der Waals surface area contributed by atoms with Crippen molar-refractivity contribution in [3.05, 3.63) is 22.6 Å². The van der Waals surface area contributed by atoms with Crippen LogP contribution in [0.5, 0.6) is 0 Å². The van der Waals surface area contributed by atoms with Gasteiger partial charge in [-0.05, 0) is 22.9 Å². The molecule has 0 bridgehead atoms. The normalized spacial score (nSPS) is 19.6. The van der Waals surface area contributed by atoms with Gasteiger partial charge in [0, 0.05) is 33.9 Å². The summed E-state index contributed by atoms with van der Waals surface area (Å²) >= 11 is 4.24. The molecule has 165 valence electrons. The van der Waals surface area contributed by atoms with Gasteiger partial charge in [0.05, 0.1) is 0 Å². The van der Waals surface area contributed by atoms with Crippen LogP contribution in [0.1, 0.15) is 6.43 Å². The third-order valence-corrected chi connectivity index (χ3v) is 7.54. The van der Waals surface area contributed by atoms with Crippen molar-refractivity contribution in [2.75, 3.05) is 11.5 Å². The van der Waals surface area contributed by atoms with Crippen molar-refractivity contribution in [2.24, 2.45) is 0 Å². The number of nitrogens with one attached hydrogen (secondary N) is 1. The van der Waals surface area contributed by atoms with E-state index in [2.05, 4.69) is 31.0 Å². The van der Waals surface area contributed by atoms with Crippen molar-refractivity contribution >= 4 is 52.6 Å². The molecule has 0 saturated carbocycles. The molecule has 0 aliphatic carbocycles. The van der Waals surface area contributed by atoms with Gasteiger partial charge in [-0.2, -0.15) is 0 Å². The molecule has 1 fully saturated rings. The molecule has 17 heteroatoms. The summed E-state index contributed by atoms with van der Waals surface area (Å²) in [6.45, 7) is 1.72. The minimum Gasteiger partial charge on any atom is -1.00 e. The summed E-state index contributed by atoms with van der Waals surface area (Å²) in [5.41, 5.74) is 0.627. The quantitative estimate of drug-likeness (QED) is 0.171. The Kier molecular flexibility index (Phi) is 9.72. The number of aromatic nitrogens is 6. The van der Waals surface area contributed by atoms with E-state index >= 15 is 0 Å². The van der Waals surface area contributed by atoms with E-state index in [1.807, 2.05) is 6.92 Å². The fourth-order valence-electron chi connectivity index (χ4n) is 2.90. The molecule has 0 spiro atoms. The molecule has 2 aromatic heterocycles. The maximum atomic E-state index is 12.6. The number of aryl methyl sites for hydroxylation is 1. The van der Waals surface area contributed by atoms with Crippen LogP contribution in [0.25, 0.3) is 0 Å². The van der Waals surface area contributed by atoms with Gasteiger partial charge in [-0.3, -0.25) is 14.5 Å². The molecule has 2 aliphatic rings. The molecule has 0 aromatic carbocycles. The summed E-state index contributed by atoms with van der Waals surface area (Å²) in [5, 5.41) is 31.1. The first-order chi connectivity index (χ1) is 13.9. The Bertz CT molecular complexity index is 1010. The zero-order valence-corrected chi connectivity index (χ0v) is 22.8. The van der Waals surface area contributed by atoms with Gasteiger partial charge in [-0.15, -0.1) is 27.1 Å². The molecule has 2 amide bonds. The smallest absolute Gasteiger partial charge is 1.00 e. The number of carbonyl (C=O) groups is 3. The van der Waals surface area contributed by atoms with Crippen LogP contribution in [-0.2, 0) is 43.3 Å². The molecule has 31 heavy (non-hydrogen) atoms. The van der Waals surface area contributed by atoms with Gasteiger partial charge in [0.1, 0.15) is 35.0 Å². The summed E-state index contributed by atoms with van der Waals surface area (Å²) in [6.07, 6.45) is 1.29. The number of hydrogen-bond donors (Lipinski definition) is 2. The monoisotopic (exact) mass is 675 g/mol. The van der Waals surface area contributed by atoms with E-state index in [4.69, 9.17) is 0 Å².